The SMILES string of the molecule is CCOc1ccc(/C=N/NC(=S)NCc2ccccc2)c(OCC)c1. The molecule has 2 N–H and O–H groups in total. The van der Waals surface area contributed by atoms with Crippen molar-refractivity contribution in [3.8, 4) is 11.5 Å². The molecule has 0 bridgehead atoms. The van der Waals surface area contributed by atoms with Crippen LogP contribution in [-0.2, 0) is 6.54 Å². The van der Waals surface area contributed by atoms with Gasteiger partial charge in [-0.3, -0.25) is 5.43 Å². The van der Waals surface area contributed by atoms with Crippen LogP contribution in [0.2, 0.25) is 0 Å². The van der Waals surface area contributed by atoms with Crippen molar-refractivity contribution in [2.75, 3.05) is 13.2 Å². The summed E-state index contributed by atoms with van der Waals surface area (Å²) in [7, 11) is 0. The maximum atomic E-state index is 5.64. The predicted molar refractivity (Wildman–Crippen MR) is 105 cm³/mol. The lowest BCUT2D eigenvalue weighted by atomic mass is 10.2. The zero-order valence-corrected chi connectivity index (χ0v) is 15.3. The van der Waals surface area contributed by atoms with Gasteiger partial charge in [0, 0.05) is 18.2 Å². The summed E-state index contributed by atoms with van der Waals surface area (Å²) in [6.45, 7) is 5.72. The zero-order valence-electron chi connectivity index (χ0n) is 14.5. The van der Waals surface area contributed by atoms with E-state index < -0.39 is 0 Å². The van der Waals surface area contributed by atoms with Gasteiger partial charge in [-0.2, -0.15) is 5.10 Å². The summed E-state index contributed by atoms with van der Waals surface area (Å²) in [6.07, 6.45) is 1.68. The Morgan fingerprint density at radius 1 is 1.08 bits per heavy atom. The molecule has 2 aromatic rings. The van der Waals surface area contributed by atoms with Crippen molar-refractivity contribution >= 4 is 23.5 Å². The molecule has 0 saturated carbocycles. The van der Waals surface area contributed by atoms with Crippen molar-refractivity contribution in [3.05, 3.63) is 59.7 Å². The van der Waals surface area contributed by atoms with E-state index >= 15 is 0 Å². The fourth-order valence-corrected chi connectivity index (χ4v) is 2.26. The number of thiocarbonyl (C=S) groups is 1. The second kappa shape index (κ2) is 10.3. The van der Waals surface area contributed by atoms with Crippen LogP contribution >= 0.6 is 12.2 Å². The van der Waals surface area contributed by atoms with Crippen LogP contribution in [0.1, 0.15) is 25.0 Å². The van der Waals surface area contributed by atoms with Crippen molar-refractivity contribution < 1.29 is 9.47 Å². The van der Waals surface area contributed by atoms with Crippen LogP contribution in [-0.4, -0.2) is 24.5 Å². The van der Waals surface area contributed by atoms with Gasteiger partial charge in [0.25, 0.3) is 0 Å². The average Bonchev–Trinajstić information content (AvgIpc) is 2.63. The number of ether oxygens (including phenoxy) is 2. The van der Waals surface area contributed by atoms with Gasteiger partial charge in [0.15, 0.2) is 5.11 Å². The third kappa shape index (κ3) is 6.43. The quantitative estimate of drug-likeness (QED) is 0.430. The van der Waals surface area contributed by atoms with Crippen molar-refractivity contribution in [3.63, 3.8) is 0 Å². The fraction of sp³-hybridized carbons (Fsp3) is 0.263. The third-order valence-corrected chi connectivity index (χ3v) is 3.50. The van der Waals surface area contributed by atoms with Crippen molar-refractivity contribution in [2.45, 2.75) is 20.4 Å². The van der Waals surface area contributed by atoms with Crippen LogP contribution in [0.15, 0.2) is 53.6 Å². The van der Waals surface area contributed by atoms with Gasteiger partial charge in [0.1, 0.15) is 11.5 Å². The Morgan fingerprint density at radius 3 is 2.56 bits per heavy atom. The normalized spacial score (nSPS) is 10.5. The van der Waals surface area contributed by atoms with E-state index in [2.05, 4.69) is 15.8 Å². The summed E-state index contributed by atoms with van der Waals surface area (Å²) in [5.41, 5.74) is 4.82. The third-order valence-electron chi connectivity index (χ3n) is 3.26. The molecule has 0 aromatic heterocycles. The smallest absolute Gasteiger partial charge is 0.187 e. The van der Waals surface area contributed by atoms with E-state index in [1.165, 1.54) is 0 Å². The topological polar surface area (TPSA) is 54.9 Å². The summed E-state index contributed by atoms with van der Waals surface area (Å²) in [4.78, 5) is 0. The van der Waals surface area contributed by atoms with E-state index in [0.717, 1.165) is 22.6 Å². The van der Waals surface area contributed by atoms with Crippen LogP contribution in [0.25, 0.3) is 0 Å². The van der Waals surface area contributed by atoms with Gasteiger partial charge >= 0.3 is 0 Å². The highest BCUT2D eigenvalue weighted by atomic mass is 32.1. The van der Waals surface area contributed by atoms with Gasteiger partial charge in [-0.15, -0.1) is 0 Å². The summed E-state index contributed by atoms with van der Waals surface area (Å²) in [6, 6.07) is 15.7. The minimum absolute atomic E-state index is 0.462. The number of hydrogen-bond acceptors (Lipinski definition) is 4. The van der Waals surface area contributed by atoms with E-state index in [-0.39, 0.29) is 0 Å². The molecule has 0 heterocycles. The number of hydrazone groups is 1. The van der Waals surface area contributed by atoms with Crippen LogP contribution in [0.3, 0.4) is 0 Å². The van der Waals surface area contributed by atoms with Crippen molar-refractivity contribution in [1.29, 1.82) is 0 Å². The van der Waals surface area contributed by atoms with Gasteiger partial charge in [-0.25, -0.2) is 0 Å². The standard InChI is InChI=1S/C19H23N3O2S/c1-3-23-17-11-10-16(18(12-17)24-4-2)14-21-22-19(25)20-13-15-8-6-5-7-9-15/h5-12,14H,3-4,13H2,1-2H3,(H2,20,22,25)/b21-14+. The van der Waals surface area contributed by atoms with E-state index in [1.54, 1.807) is 6.21 Å². The Kier molecular flexibility index (Phi) is 7.72. The van der Waals surface area contributed by atoms with Crippen molar-refractivity contribution in [1.82, 2.24) is 10.7 Å². The maximum Gasteiger partial charge on any atom is 0.187 e. The first kappa shape index (κ1) is 18.7. The van der Waals surface area contributed by atoms with E-state index in [4.69, 9.17) is 21.7 Å². The molecule has 0 unspecified atom stereocenters. The maximum absolute atomic E-state index is 5.64. The fourth-order valence-electron chi connectivity index (χ4n) is 2.14. The first-order valence-electron chi connectivity index (χ1n) is 8.23. The highest BCUT2D eigenvalue weighted by Crippen LogP contribution is 2.23. The van der Waals surface area contributed by atoms with Crippen LogP contribution in [0, 0.1) is 0 Å². The van der Waals surface area contributed by atoms with Gasteiger partial charge in [-0.05, 0) is 43.8 Å². The molecule has 2 aromatic carbocycles. The van der Waals surface area contributed by atoms with Gasteiger partial charge < -0.3 is 14.8 Å². The molecule has 0 fully saturated rings. The minimum atomic E-state index is 0.462. The molecule has 132 valence electrons. The Morgan fingerprint density at radius 2 is 1.84 bits per heavy atom. The zero-order chi connectivity index (χ0) is 17.9. The molecule has 0 atom stereocenters. The summed E-state index contributed by atoms with van der Waals surface area (Å²) >= 11 is 5.22. The molecule has 0 aliphatic carbocycles. The molecule has 0 amide bonds. The van der Waals surface area contributed by atoms with Crippen molar-refractivity contribution in [2.24, 2.45) is 5.10 Å². The second-order valence-corrected chi connectivity index (χ2v) is 5.51. The van der Waals surface area contributed by atoms with Gasteiger partial charge in [0.2, 0.25) is 0 Å². The highest BCUT2D eigenvalue weighted by Gasteiger charge is 2.04. The molecule has 6 heteroatoms. The lowest BCUT2D eigenvalue weighted by Gasteiger charge is -2.10. The Hall–Kier alpha value is -2.60. The number of benzene rings is 2. The molecular weight excluding hydrogens is 334 g/mol. The number of nitrogens with one attached hydrogen (secondary N) is 2. The minimum Gasteiger partial charge on any atom is -0.494 e. The Bertz CT molecular complexity index is 705. The number of nitrogens with zero attached hydrogens (tertiary/aromatic N) is 1. The summed E-state index contributed by atoms with van der Waals surface area (Å²) in [5, 5.41) is 7.74. The molecule has 0 aliphatic rings. The monoisotopic (exact) mass is 357 g/mol. The molecule has 0 aliphatic heterocycles. The largest absolute Gasteiger partial charge is 0.494 e. The average molecular weight is 357 g/mol. The molecular formula is C19H23N3O2S. The van der Waals surface area contributed by atoms with Gasteiger partial charge in [0.05, 0.1) is 19.4 Å². The van der Waals surface area contributed by atoms with E-state index in [1.807, 2.05) is 62.4 Å². The molecule has 0 radical (unpaired) electrons. The highest BCUT2D eigenvalue weighted by molar-refractivity contribution is 7.80. The first-order valence-corrected chi connectivity index (χ1v) is 8.64. The van der Waals surface area contributed by atoms with Crippen LogP contribution in [0.4, 0.5) is 0 Å². The molecule has 5 nitrogen and oxygen atoms in total. The lowest BCUT2D eigenvalue weighted by molar-refractivity contribution is 0.323. The summed E-state index contributed by atoms with van der Waals surface area (Å²) in [5.74, 6) is 1.50. The van der Waals surface area contributed by atoms with Crippen LogP contribution < -0.4 is 20.2 Å². The molecule has 2 rings (SSSR count). The number of hydrogen-bond donors (Lipinski definition) is 2. The molecule has 0 saturated heterocycles. The molecule has 25 heavy (non-hydrogen) atoms. The lowest BCUT2D eigenvalue weighted by Crippen LogP contribution is -2.31. The Labute approximate surface area is 154 Å². The van der Waals surface area contributed by atoms with E-state index in [9.17, 15) is 0 Å². The second-order valence-electron chi connectivity index (χ2n) is 5.10. The molecule has 0 spiro atoms. The predicted octanol–water partition coefficient (Wildman–Crippen LogP) is 3.48. The van der Waals surface area contributed by atoms with Crippen LogP contribution in [0.5, 0.6) is 11.5 Å². The van der Waals surface area contributed by atoms with Gasteiger partial charge in [-0.1, -0.05) is 30.3 Å². The Balaban J connectivity index is 1.90. The summed E-state index contributed by atoms with van der Waals surface area (Å²) < 4.78 is 11.1. The number of rotatable bonds is 8. The first-order chi connectivity index (χ1) is 12.2. The van der Waals surface area contributed by atoms with E-state index in [0.29, 0.717) is 24.9 Å².